The van der Waals surface area contributed by atoms with Gasteiger partial charge in [0.05, 0.1) is 5.69 Å². The van der Waals surface area contributed by atoms with Crippen molar-refractivity contribution in [2.45, 2.75) is 19.8 Å². The molecule has 0 spiro atoms. The highest BCUT2D eigenvalue weighted by Gasteiger charge is 2.11. The van der Waals surface area contributed by atoms with Crippen molar-refractivity contribution >= 4 is 5.65 Å². The Labute approximate surface area is 140 Å². The quantitative estimate of drug-likeness (QED) is 0.556. The third-order valence-corrected chi connectivity index (χ3v) is 4.17. The van der Waals surface area contributed by atoms with E-state index in [0.717, 1.165) is 28.3 Å². The zero-order chi connectivity index (χ0) is 16.5. The smallest absolute Gasteiger partial charge is 0.185 e. The summed E-state index contributed by atoms with van der Waals surface area (Å²) in [6, 6.07) is 22.5. The molecule has 2 aromatic heterocycles. The molecular formula is C20H18N4. The Bertz CT molecular complexity index is 970. The zero-order valence-corrected chi connectivity index (χ0v) is 13.7. The molecule has 0 atom stereocenters. The molecule has 0 bridgehead atoms. The topological polar surface area (TPSA) is 43.1 Å². The Morgan fingerprint density at radius 2 is 1.50 bits per heavy atom. The van der Waals surface area contributed by atoms with Crippen molar-refractivity contribution in [3.05, 3.63) is 72.3 Å². The van der Waals surface area contributed by atoms with Crippen molar-refractivity contribution in [2.75, 3.05) is 0 Å². The molecule has 2 heterocycles. The van der Waals surface area contributed by atoms with E-state index < -0.39 is 0 Å². The number of hydrogen-bond donors (Lipinski definition) is 0. The summed E-state index contributed by atoms with van der Waals surface area (Å²) < 4.78 is 1.81. The molecule has 0 fully saturated rings. The van der Waals surface area contributed by atoms with Crippen molar-refractivity contribution in [3.8, 4) is 22.6 Å². The van der Waals surface area contributed by atoms with Gasteiger partial charge in [0.15, 0.2) is 11.5 Å². The van der Waals surface area contributed by atoms with E-state index in [2.05, 4.69) is 60.4 Å². The molecule has 118 valence electrons. The predicted molar refractivity (Wildman–Crippen MR) is 95.7 cm³/mol. The molecule has 4 heteroatoms. The zero-order valence-electron chi connectivity index (χ0n) is 13.7. The van der Waals surface area contributed by atoms with Crippen LogP contribution in [0, 0.1) is 0 Å². The van der Waals surface area contributed by atoms with Crippen LogP contribution >= 0.6 is 0 Å². The minimum Gasteiger partial charge on any atom is -0.192 e. The van der Waals surface area contributed by atoms with Crippen LogP contribution in [0.25, 0.3) is 28.3 Å². The lowest BCUT2D eigenvalue weighted by Crippen LogP contribution is -1.97. The molecule has 4 aromatic rings. The van der Waals surface area contributed by atoms with Gasteiger partial charge in [0.1, 0.15) is 0 Å². The van der Waals surface area contributed by atoms with Crippen LogP contribution in [0.1, 0.15) is 25.3 Å². The molecule has 4 rings (SSSR count). The van der Waals surface area contributed by atoms with E-state index >= 15 is 0 Å². The van der Waals surface area contributed by atoms with Crippen LogP contribution in [0.2, 0.25) is 0 Å². The van der Waals surface area contributed by atoms with Crippen LogP contribution in [0.3, 0.4) is 0 Å². The van der Waals surface area contributed by atoms with Crippen LogP contribution in [-0.2, 0) is 0 Å². The molecule has 0 saturated carbocycles. The number of aromatic nitrogens is 4. The van der Waals surface area contributed by atoms with E-state index in [4.69, 9.17) is 5.10 Å². The highest BCUT2D eigenvalue weighted by Crippen LogP contribution is 2.23. The van der Waals surface area contributed by atoms with Gasteiger partial charge in [0, 0.05) is 11.1 Å². The third-order valence-electron chi connectivity index (χ3n) is 4.17. The molecule has 0 radical (unpaired) electrons. The molecule has 0 aliphatic heterocycles. The Hall–Kier alpha value is -3.01. The van der Waals surface area contributed by atoms with E-state index in [1.54, 1.807) is 0 Å². The first-order chi connectivity index (χ1) is 11.7. The van der Waals surface area contributed by atoms with Crippen LogP contribution in [0.15, 0.2) is 66.7 Å². The SMILES string of the molecule is CC(C)c1ccc(-c2nnc3ccc(-c4ccccc4)nn23)cc1. The molecule has 0 saturated heterocycles. The summed E-state index contributed by atoms with van der Waals surface area (Å²) >= 11 is 0. The average molecular weight is 314 g/mol. The van der Waals surface area contributed by atoms with E-state index in [1.165, 1.54) is 5.56 Å². The first kappa shape index (κ1) is 14.6. The van der Waals surface area contributed by atoms with Crippen LogP contribution in [0.5, 0.6) is 0 Å². The van der Waals surface area contributed by atoms with Gasteiger partial charge < -0.3 is 0 Å². The summed E-state index contributed by atoms with van der Waals surface area (Å²) in [5.41, 5.74) is 5.06. The van der Waals surface area contributed by atoms with Crippen LogP contribution in [0.4, 0.5) is 0 Å². The monoisotopic (exact) mass is 314 g/mol. The first-order valence-electron chi connectivity index (χ1n) is 8.10. The Morgan fingerprint density at radius 1 is 0.750 bits per heavy atom. The minimum absolute atomic E-state index is 0.511. The van der Waals surface area contributed by atoms with Gasteiger partial charge in [0.25, 0.3) is 0 Å². The summed E-state index contributed by atoms with van der Waals surface area (Å²) in [5.74, 6) is 1.27. The largest absolute Gasteiger partial charge is 0.192 e. The summed E-state index contributed by atoms with van der Waals surface area (Å²) in [6.07, 6.45) is 0. The highest BCUT2D eigenvalue weighted by molar-refractivity contribution is 5.63. The van der Waals surface area contributed by atoms with E-state index in [1.807, 2.05) is 34.8 Å². The maximum absolute atomic E-state index is 4.73. The molecule has 4 nitrogen and oxygen atoms in total. The second kappa shape index (κ2) is 5.89. The molecule has 0 amide bonds. The summed E-state index contributed by atoms with van der Waals surface area (Å²) in [4.78, 5) is 0. The van der Waals surface area contributed by atoms with Crippen LogP contribution in [-0.4, -0.2) is 19.8 Å². The maximum Gasteiger partial charge on any atom is 0.185 e. The summed E-state index contributed by atoms with van der Waals surface area (Å²) in [6.45, 7) is 4.38. The number of nitrogens with zero attached hydrogens (tertiary/aromatic N) is 4. The fourth-order valence-electron chi connectivity index (χ4n) is 2.75. The van der Waals surface area contributed by atoms with Crippen molar-refractivity contribution in [1.29, 1.82) is 0 Å². The van der Waals surface area contributed by atoms with Gasteiger partial charge in [-0.1, -0.05) is 68.4 Å². The van der Waals surface area contributed by atoms with Gasteiger partial charge >= 0.3 is 0 Å². The molecule has 0 aliphatic rings. The van der Waals surface area contributed by atoms with Crippen molar-refractivity contribution in [3.63, 3.8) is 0 Å². The number of rotatable bonds is 3. The van der Waals surface area contributed by atoms with Gasteiger partial charge in [-0.05, 0) is 23.6 Å². The second-order valence-corrected chi connectivity index (χ2v) is 6.15. The van der Waals surface area contributed by atoms with Crippen molar-refractivity contribution in [2.24, 2.45) is 0 Å². The number of benzene rings is 2. The van der Waals surface area contributed by atoms with Gasteiger partial charge in [-0.2, -0.15) is 9.61 Å². The van der Waals surface area contributed by atoms with Gasteiger partial charge in [-0.25, -0.2) is 0 Å². The Morgan fingerprint density at radius 3 is 2.21 bits per heavy atom. The Kier molecular flexibility index (Phi) is 3.58. The molecule has 0 N–H and O–H groups in total. The molecule has 2 aromatic carbocycles. The lowest BCUT2D eigenvalue weighted by Gasteiger charge is -2.06. The predicted octanol–water partition coefficient (Wildman–Crippen LogP) is 4.58. The standard InChI is InChI=1S/C20H18N4/c1-14(2)15-8-10-17(11-9-15)20-22-21-19-13-12-18(23-24(19)20)16-6-4-3-5-7-16/h3-14H,1-2H3. The highest BCUT2D eigenvalue weighted by atomic mass is 15.4. The molecular weight excluding hydrogens is 296 g/mol. The van der Waals surface area contributed by atoms with Gasteiger partial charge in [0.2, 0.25) is 0 Å². The fourth-order valence-corrected chi connectivity index (χ4v) is 2.75. The van der Waals surface area contributed by atoms with E-state index in [0.29, 0.717) is 5.92 Å². The lowest BCUT2D eigenvalue weighted by molar-refractivity contribution is 0.866. The number of fused-ring (bicyclic) bond motifs is 1. The minimum atomic E-state index is 0.511. The van der Waals surface area contributed by atoms with E-state index in [9.17, 15) is 0 Å². The van der Waals surface area contributed by atoms with Crippen molar-refractivity contribution < 1.29 is 0 Å². The maximum atomic E-state index is 4.73. The van der Waals surface area contributed by atoms with Crippen LogP contribution < -0.4 is 0 Å². The van der Waals surface area contributed by atoms with Crippen molar-refractivity contribution in [1.82, 2.24) is 19.8 Å². The second-order valence-electron chi connectivity index (χ2n) is 6.15. The molecule has 0 unspecified atom stereocenters. The van der Waals surface area contributed by atoms with Gasteiger partial charge in [-0.15, -0.1) is 10.2 Å². The van der Waals surface area contributed by atoms with E-state index in [-0.39, 0.29) is 0 Å². The number of hydrogen-bond acceptors (Lipinski definition) is 3. The normalized spacial score (nSPS) is 11.3. The lowest BCUT2D eigenvalue weighted by atomic mass is 10.0. The molecule has 24 heavy (non-hydrogen) atoms. The van der Waals surface area contributed by atoms with Gasteiger partial charge in [-0.3, -0.25) is 0 Å². The molecule has 0 aliphatic carbocycles. The Balaban J connectivity index is 1.81. The summed E-state index contributed by atoms with van der Waals surface area (Å²) in [5, 5.41) is 13.3. The first-order valence-corrected chi connectivity index (χ1v) is 8.10. The summed E-state index contributed by atoms with van der Waals surface area (Å²) in [7, 11) is 0. The average Bonchev–Trinajstić information content (AvgIpc) is 3.05. The fraction of sp³-hybridized carbons (Fsp3) is 0.150. The third kappa shape index (κ3) is 2.56.